The van der Waals surface area contributed by atoms with E-state index in [1.54, 1.807) is 0 Å². The molecule has 1 rings (SSSR count). The van der Waals surface area contributed by atoms with Crippen molar-refractivity contribution in [1.29, 1.82) is 0 Å². The quantitative estimate of drug-likeness (QED) is 0.493. The molecule has 0 amide bonds. The number of nitro benzene ring substituents is 3. The van der Waals surface area contributed by atoms with Crippen molar-refractivity contribution in [2.75, 3.05) is 0 Å². The third-order valence-corrected chi connectivity index (χ3v) is 1.66. The van der Waals surface area contributed by atoms with Crippen LogP contribution < -0.4 is 0 Å². The first-order chi connectivity index (χ1) is 8.34. The third kappa shape index (κ3) is 2.98. The van der Waals surface area contributed by atoms with Gasteiger partial charge in [0.1, 0.15) is 0 Å². The van der Waals surface area contributed by atoms with Gasteiger partial charge in [-0.2, -0.15) is 0 Å². The fourth-order valence-corrected chi connectivity index (χ4v) is 0.974. The SMILES string of the molecule is C=C.O=[N+]([O-])c1cc([N+](=O)[O-])c(O)c([N+](=O)[O-])c1. The first kappa shape index (κ1) is 15.0. The van der Waals surface area contributed by atoms with Crippen molar-refractivity contribution in [3.05, 3.63) is 55.6 Å². The molecule has 0 atom stereocenters. The van der Waals surface area contributed by atoms with Crippen LogP contribution in [0.3, 0.4) is 0 Å². The van der Waals surface area contributed by atoms with Crippen LogP contribution in [-0.2, 0) is 0 Å². The Bertz CT molecular complexity index is 478. The highest BCUT2D eigenvalue weighted by molar-refractivity contribution is 5.64. The highest BCUT2D eigenvalue weighted by Crippen LogP contribution is 2.38. The van der Waals surface area contributed by atoms with E-state index in [4.69, 9.17) is 5.11 Å². The fourth-order valence-electron chi connectivity index (χ4n) is 0.974. The maximum Gasteiger partial charge on any atom is 0.324 e. The summed E-state index contributed by atoms with van der Waals surface area (Å²) in [4.78, 5) is 27.8. The second-order valence-electron chi connectivity index (χ2n) is 2.60. The van der Waals surface area contributed by atoms with Gasteiger partial charge < -0.3 is 5.11 Å². The Labute approximate surface area is 99.2 Å². The van der Waals surface area contributed by atoms with E-state index in [1.807, 2.05) is 0 Å². The number of benzene rings is 1. The Kier molecular flexibility index (Phi) is 4.89. The second kappa shape index (κ2) is 5.89. The maximum atomic E-state index is 10.4. The minimum absolute atomic E-state index is 0.447. The van der Waals surface area contributed by atoms with Crippen molar-refractivity contribution in [3.8, 4) is 5.75 Å². The monoisotopic (exact) mass is 257 g/mol. The summed E-state index contributed by atoms with van der Waals surface area (Å²) in [6, 6.07) is 0.894. The van der Waals surface area contributed by atoms with Crippen LogP contribution in [0.2, 0.25) is 0 Å². The smallest absolute Gasteiger partial charge is 0.324 e. The Morgan fingerprint density at radius 2 is 1.22 bits per heavy atom. The molecule has 0 bridgehead atoms. The van der Waals surface area contributed by atoms with E-state index in [0.717, 1.165) is 0 Å². The van der Waals surface area contributed by atoms with Gasteiger partial charge in [0.05, 0.1) is 26.9 Å². The lowest BCUT2D eigenvalue weighted by Gasteiger charge is -1.97. The van der Waals surface area contributed by atoms with Gasteiger partial charge in [0.15, 0.2) is 0 Å². The number of hydrogen-bond acceptors (Lipinski definition) is 7. The zero-order chi connectivity index (χ0) is 14.5. The molecule has 0 aliphatic carbocycles. The average Bonchev–Trinajstić information content (AvgIpc) is 2.30. The van der Waals surface area contributed by atoms with E-state index in [-0.39, 0.29) is 0 Å². The van der Waals surface area contributed by atoms with Crippen LogP contribution in [0.15, 0.2) is 25.3 Å². The number of aromatic hydroxyl groups is 1. The number of hydrogen-bond donors (Lipinski definition) is 1. The van der Waals surface area contributed by atoms with Crippen LogP contribution in [0, 0.1) is 30.3 Å². The lowest BCUT2D eigenvalue weighted by Crippen LogP contribution is -1.97. The fraction of sp³-hybridized carbons (Fsp3) is 0. The minimum atomic E-state index is -1.21. The van der Waals surface area contributed by atoms with E-state index in [0.29, 0.717) is 12.1 Å². The van der Waals surface area contributed by atoms with E-state index in [1.165, 1.54) is 0 Å². The lowest BCUT2D eigenvalue weighted by molar-refractivity contribution is -0.404. The number of nitro groups is 3. The first-order valence-corrected chi connectivity index (χ1v) is 4.14. The summed E-state index contributed by atoms with van der Waals surface area (Å²) in [5, 5.41) is 40.2. The number of phenolic OH excluding ortho intramolecular Hbond substituents is 1. The van der Waals surface area contributed by atoms with Crippen molar-refractivity contribution in [2.24, 2.45) is 0 Å². The van der Waals surface area contributed by atoms with Crippen LogP contribution in [0.4, 0.5) is 17.1 Å². The molecule has 1 aromatic rings. The molecule has 0 fully saturated rings. The summed E-state index contributed by atoms with van der Waals surface area (Å²) in [5.74, 6) is -1.21. The molecule has 0 aliphatic rings. The van der Waals surface area contributed by atoms with Crippen LogP contribution in [0.25, 0.3) is 0 Å². The normalized spacial score (nSPS) is 8.89. The molecule has 18 heavy (non-hydrogen) atoms. The van der Waals surface area contributed by atoms with E-state index in [9.17, 15) is 30.3 Å². The molecule has 0 unspecified atom stereocenters. The summed E-state index contributed by atoms with van der Waals surface area (Å²) >= 11 is 0. The van der Waals surface area contributed by atoms with Gasteiger partial charge in [-0.25, -0.2) is 0 Å². The molecule has 1 aromatic carbocycles. The van der Waals surface area contributed by atoms with Gasteiger partial charge >= 0.3 is 11.4 Å². The van der Waals surface area contributed by atoms with Crippen LogP contribution in [-0.4, -0.2) is 19.9 Å². The molecule has 0 spiro atoms. The van der Waals surface area contributed by atoms with Crippen LogP contribution >= 0.6 is 0 Å². The summed E-state index contributed by atoms with van der Waals surface area (Å²) < 4.78 is 0. The molecular formula is C8H7N3O7. The predicted molar refractivity (Wildman–Crippen MR) is 59.3 cm³/mol. The number of rotatable bonds is 3. The second-order valence-corrected chi connectivity index (χ2v) is 2.60. The van der Waals surface area contributed by atoms with Crippen molar-refractivity contribution in [3.63, 3.8) is 0 Å². The lowest BCUT2D eigenvalue weighted by atomic mass is 10.2. The molecule has 0 aliphatic heterocycles. The van der Waals surface area contributed by atoms with Crippen molar-refractivity contribution >= 4 is 17.1 Å². The number of nitrogens with zero attached hydrogens (tertiary/aromatic N) is 3. The van der Waals surface area contributed by atoms with Crippen LogP contribution in [0.5, 0.6) is 5.75 Å². The van der Waals surface area contributed by atoms with Gasteiger partial charge in [0, 0.05) is 0 Å². The summed E-state index contributed by atoms with van der Waals surface area (Å²) in [7, 11) is 0. The number of non-ortho nitro benzene ring substituents is 1. The average molecular weight is 257 g/mol. The van der Waals surface area contributed by atoms with E-state index >= 15 is 0 Å². The Morgan fingerprint density at radius 1 is 0.889 bits per heavy atom. The zero-order valence-electron chi connectivity index (χ0n) is 8.81. The summed E-state index contributed by atoms with van der Waals surface area (Å²) in [6.45, 7) is 6.00. The zero-order valence-corrected chi connectivity index (χ0v) is 8.81. The molecule has 0 aromatic heterocycles. The largest absolute Gasteiger partial charge is 0.497 e. The topological polar surface area (TPSA) is 150 Å². The molecule has 10 heteroatoms. The maximum absolute atomic E-state index is 10.4. The van der Waals surface area contributed by atoms with Gasteiger partial charge in [-0.3, -0.25) is 30.3 Å². The Balaban J connectivity index is 0.00000137. The van der Waals surface area contributed by atoms with Crippen molar-refractivity contribution in [1.82, 2.24) is 0 Å². The number of phenols is 1. The van der Waals surface area contributed by atoms with Crippen molar-refractivity contribution in [2.45, 2.75) is 0 Å². The van der Waals surface area contributed by atoms with Crippen molar-refractivity contribution < 1.29 is 19.9 Å². The van der Waals surface area contributed by atoms with Gasteiger partial charge in [-0.05, 0) is 0 Å². The molecule has 10 nitrogen and oxygen atoms in total. The molecule has 0 heterocycles. The summed E-state index contributed by atoms with van der Waals surface area (Å²) in [6.07, 6.45) is 0. The first-order valence-electron chi connectivity index (χ1n) is 4.14. The molecule has 96 valence electrons. The summed E-state index contributed by atoms with van der Waals surface area (Å²) in [5.41, 5.74) is -3.00. The highest BCUT2D eigenvalue weighted by atomic mass is 16.6. The molecule has 1 N–H and O–H groups in total. The van der Waals surface area contributed by atoms with Gasteiger partial charge in [0.25, 0.3) is 11.4 Å². The predicted octanol–water partition coefficient (Wildman–Crippen LogP) is 1.92. The highest BCUT2D eigenvalue weighted by Gasteiger charge is 2.29. The van der Waals surface area contributed by atoms with Crippen LogP contribution in [0.1, 0.15) is 0 Å². The van der Waals surface area contributed by atoms with Gasteiger partial charge in [0.2, 0.25) is 0 Å². The standard InChI is InChI=1S/C6H3N3O7.C2H4/c10-6-4(8(13)14)1-3(7(11)12)2-5(6)9(15)16;1-2/h1-2,10H;1-2H2. The van der Waals surface area contributed by atoms with Gasteiger partial charge in [-0.15, -0.1) is 13.2 Å². The molecule has 0 saturated carbocycles. The van der Waals surface area contributed by atoms with Gasteiger partial charge in [-0.1, -0.05) is 0 Å². The Hall–Kier alpha value is -3.04. The van der Waals surface area contributed by atoms with E-state index < -0.39 is 37.6 Å². The molecule has 0 saturated heterocycles. The molecule has 0 radical (unpaired) electrons. The minimum Gasteiger partial charge on any atom is -0.497 e. The Morgan fingerprint density at radius 3 is 1.44 bits per heavy atom. The van der Waals surface area contributed by atoms with E-state index in [2.05, 4.69) is 13.2 Å². The molecular weight excluding hydrogens is 250 g/mol. The third-order valence-electron chi connectivity index (χ3n) is 1.66.